The quantitative estimate of drug-likeness (QED) is 0.802. The highest BCUT2D eigenvalue weighted by Crippen LogP contribution is 2.26. The predicted molar refractivity (Wildman–Crippen MR) is 89.1 cm³/mol. The second kappa shape index (κ2) is 6.70. The van der Waals surface area contributed by atoms with Crippen molar-refractivity contribution >= 4 is 17.6 Å². The van der Waals surface area contributed by atoms with Gasteiger partial charge < -0.3 is 14.2 Å². The fourth-order valence-corrected chi connectivity index (χ4v) is 2.76. The number of benzene rings is 1. The first-order chi connectivity index (χ1) is 11.6. The summed E-state index contributed by atoms with van der Waals surface area (Å²) >= 11 is 0. The third-order valence-corrected chi connectivity index (χ3v) is 4.08. The molecule has 3 rings (SSSR count). The van der Waals surface area contributed by atoms with E-state index in [1.54, 1.807) is 11.9 Å². The Hall–Kier alpha value is -2.89. The zero-order valence-corrected chi connectivity index (χ0v) is 13.4. The minimum absolute atomic E-state index is 0.143. The van der Waals surface area contributed by atoms with Gasteiger partial charge in [0.2, 0.25) is 0 Å². The highest BCUT2D eigenvalue weighted by atomic mass is 16.5. The van der Waals surface area contributed by atoms with Crippen molar-refractivity contribution in [2.24, 2.45) is 7.05 Å². The summed E-state index contributed by atoms with van der Waals surface area (Å²) in [4.78, 5) is 37.6. The summed E-state index contributed by atoms with van der Waals surface area (Å²) < 4.78 is 6.43. The highest BCUT2D eigenvalue weighted by molar-refractivity contribution is 5.97. The summed E-state index contributed by atoms with van der Waals surface area (Å²) in [5, 5.41) is 0. The van der Waals surface area contributed by atoms with E-state index in [-0.39, 0.29) is 23.6 Å². The molecule has 0 atom stereocenters. The molecule has 0 saturated carbocycles. The molecule has 2 aromatic rings. The van der Waals surface area contributed by atoms with E-state index in [4.69, 9.17) is 4.74 Å². The van der Waals surface area contributed by atoms with Crippen LogP contribution in [0.3, 0.4) is 0 Å². The van der Waals surface area contributed by atoms with E-state index >= 15 is 0 Å². The Balaban J connectivity index is 1.67. The molecule has 0 spiro atoms. The lowest BCUT2D eigenvalue weighted by molar-refractivity contribution is -0.121. The Bertz CT molecular complexity index is 841. The number of nitrogens with zero attached hydrogens (tertiary/aromatic N) is 2. The number of carbonyl (C=O) groups excluding carboxylic acids is 2. The van der Waals surface area contributed by atoms with Crippen LogP contribution < -0.4 is 10.5 Å². The molecule has 0 aliphatic carbocycles. The van der Waals surface area contributed by atoms with Crippen molar-refractivity contribution in [3.63, 3.8) is 0 Å². The Kier molecular flexibility index (Phi) is 4.46. The van der Waals surface area contributed by atoms with Crippen molar-refractivity contribution in [1.29, 1.82) is 0 Å². The van der Waals surface area contributed by atoms with Crippen LogP contribution in [0.1, 0.15) is 22.3 Å². The van der Waals surface area contributed by atoms with Crippen LogP contribution in [-0.2, 0) is 23.0 Å². The molecule has 0 radical (unpaired) electrons. The number of fused-ring (bicyclic) bond motifs is 1. The number of pyridine rings is 1. The molecule has 24 heavy (non-hydrogen) atoms. The summed E-state index contributed by atoms with van der Waals surface area (Å²) in [6.45, 7) is 0.266. The molecule has 1 aromatic heterocycles. The molecular weight excluding hydrogens is 308 g/mol. The van der Waals surface area contributed by atoms with Gasteiger partial charge in [-0.15, -0.1) is 0 Å². The van der Waals surface area contributed by atoms with Crippen molar-refractivity contribution in [3.05, 3.63) is 64.1 Å². The van der Waals surface area contributed by atoms with E-state index in [1.165, 1.54) is 22.9 Å². The first-order valence-corrected chi connectivity index (χ1v) is 7.78. The molecule has 6 nitrogen and oxygen atoms in total. The fraction of sp³-hybridized carbons (Fsp3) is 0.278. The largest absolute Gasteiger partial charge is 0.452 e. The molecule has 1 aliphatic rings. The zero-order chi connectivity index (χ0) is 17.1. The maximum Gasteiger partial charge on any atom is 0.338 e. The Labute approximate surface area is 139 Å². The number of para-hydroxylation sites is 1. The van der Waals surface area contributed by atoms with Crippen LogP contribution in [0.15, 0.2) is 47.4 Å². The summed E-state index contributed by atoms with van der Waals surface area (Å²) in [7, 11) is 1.59. The Morgan fingerprint density at radius 3 is 2.79 bits per heavy atom. The van der Waals surface area contributed by atoms with Gasteiger partial charge in [0.05, 0.1) is 5.56 Å². The smallest absolute Gasteiger partial charge is 0.338 e. The number of anilines is 1. The van der Waals surface area contributed by atoms with E-state index in [0.717, 1.165) is 24.1 Å². The van der Waals surface area contributed by atoms with Crippen LogP contribution >= 0.6 is 0 Å². The molecular formula is C18H18N2O4. The van der Waals surface area contributed by atoms with Crippen molar-refractivity contribution in [3.8, 4) is 0 Å². The van der Waals surface area contributed by atoms with Gasteiger partial charge in [0.15, 0.2) is 6.61 Å². The molecule has 0 fully saturated rings. The summed E-state index contributed by atoms with van der Waals surface area (Å²) in [6.07, 6.45) is 3.31. The van der Waals surface area contributed by atoms with E-state index in [2.05, 4.69) is 0 Å². The van der Waals surface area contributed by atoms with E-state index < -0.39 is 5.97 Å². The first kappa shape index (κ1) is 16.0. The maximum atomic E-state index is 12.4. The van der Waals surface area contributed by atoms with E-state index in [9.17, 15) is 14.4 Å². The van der Waals surface area contributed by atoms with Crippen molar-refractivity contribution in [2.75, 3.05) is 18.1 Å². The van der Waals surface area contributed by atoms with Crippen LogP contribution in [0.4, 0.5) is 5.69 Å². The molecule has 1 amide bonds. The number of aryl methyl sites for hydroxylation is 2. The minimum Gasteiger partial charge on any atom is -0.452 e. The molecule has 0 unspecified atom stereocenters. The second-order valence-electron chi connectivity index (χ2n) is 5.72. The van der Waals surface area contributed by atoms with Gasteiger partial charge in [0, 0.05) is 31.5 Å². The SMILES string of the molecule is Cn1ccc(C(=O)OCC(=O)N2CCCc3ccccc32)cc1=O. The predicted octanol–water partition coefficient (Wildman–Crippen LogP) is 1.52. The number of amides is 1. The third kappa shape index (κ3) is 3.22. The lowest BCUT2D eigenvalue weighted by Gasteiger charge is -2.29. The van der Waals surface area contributed by atoms with Gasteiger partial charge in [-0.3, -0.25) is 9.59 Å². The second-order valence-corrected chi connectivity index (χ2v) is 5.72. The molecule has 2 heterocycles. The molecule has 1 aliphatic heterocycles. The number of hydrogen-bond donors (Lipinski definition) is 0. The Morgan fingerprint density at radius 2 is 2.00 bits per heavy atom. The summed E-state index contributed by atoms with van der Waals surface area (Å²) in [5.74, 6) is -0.939. The minimum atomic E-state index is -0.675. The number of esters is 1. The van der Waals surface area contributed by atoms with Gasteiger partial charge in [-0.2, -0.15) is 0 Å². The number of carbonyl (C=O) groups is 2. The average molecular weight is 326 g/mol. The number of hydrogen-bond acceptors (Lipinski definition) is 4. The Morgan fingerprint density at radius 1 is 1.21 bits per heavy atom. The van der Waals surface area contributed by atoms with Gasteiger partial charge in [-0.1, -0.05) is 18.2 Å². The van der Waals surface area contributed by atoms with Gasteiger partial charge in [0.25, 0.3) is 11.5 Å². The van der Waals surface area contributed by atoms with Crippen molar-refractivity contribution in [2.45, 2.75) is 12.8 Å². The van der Waals surface area contributed by atoms with Gasteiger partial charge in [0.1, 0.15) is 0 Å². The van der Waals surface area contributed by atoms with Crippen molar-refractivity contribution < 1.29 is 14.3 Å². The van der Waals surface area contributed by atoms with E-state index in [0.29, 0.717) is 6.54 Å². The third-order valence-electron chi connectivity index (χ3n) is 4.08. The van der Waals surface area contributed by atoms with Crippen LogP contribution in [0.5, 0.6) is 0 Å². The van der Waals surface area contributed by atoms with Crippen LogP contribution in [0, 0.1) is 0 Å². The lowest BCUT2D eigenvalue weighted by atomic mass is 10.0. The van der Waals surface area contributed by atoms with Crippen LogP contribution in [-0.4, -0.2) is 29.6 Å². The first-order valence-electron chi connectivity index (χ1n) is 7.78. The zero-order valence-electron chi connectivity index (χ0n) is 13.4. The summed E-state index contributed by atoms with van der Waals surface area (Å²) in [6, 6.07) is 10.4. The molecule has 1 aromatic carbocycles. The fourth-order valence-electron chi connectivity index (χ4n) is 2.76. The molecule has 0 saturated heterocycles. The standard InChI is InChI=1S/C18H18N2O4/c1-19-10-8-14(11-16(19)21)18(23)24-12-17(22)20-9-4-6-13-5-2-3-7-15(13)20/h2-3,5,7-8,10-11H,4,6,9,12H2,1H3. The number of aromatic nitrogens is 1. The van der Waals surface area contributed by atoms with Gasteiger partial charge in [-0.05, 0) is 30.5 Å². The molecule has 0 N–H and O–H groups in total. The van der Waals surface area contributed by atoms with Crippen LogP contribution in [0.25, 0.3) is 0 Å². The van der Waals surface area contributed by atoms with Crippen molar-refractivity contribution in [1.82, 2.24) is 4.57 Å². The lowest BCUT2D eigenvalue weighted by Crippen LogP contribution is -2.38. The van der Waals surface area contributed by atoms with Gasteiger partial charge in [-0.25, -0.2) is 4.79 Å². The molecule has 6 heteroatoms. The normalized spacial score (nSPS) is 13.3. The van der Waals surface area contributed by atoms with Crippen LogP contribution in [0.2, 0.25) is 0 Å². The monoisotopic (exact) mass is 326 g/mol. The topological polar surface area (TPSA) is 68.6 Å². The maximum absolute atomic E-state index is 12.4. The van der Waals surface area contributed by atoms with E-state index in [1.807, 2.05) is 24.3 Å². The summed E-state index contributed by atoms with van der Waals surface area (Å²) in [5.41, 5.74) is 1.83. The number of ether oxygens (including phenoxy) is 1. The molecule has 124 valence electrons. The average Bonchev–Trinajstić information content (AvgIpc) is 2.61. The molecule has 0 bridgehead atoms. The van der Waals surface area contributed by atoms with Gasteiger partial charge >= 0.3 is 5.97 Å². The highest BCUT2D eigenvalue weighted by Gasteiger charge is 2.23. The number of rotatable bonds is 3.